The zero-order valence-corrected chi connectivity index (χ0v) is 10.4. The molecule has 1 N–H and O–H groups in total. The highest BCUT2D eigenvalue weighted by Gasteiger charge is 1.97. The molecule has 2 heteroatoms. The molecule has 0 radical (unpaired) electrons. The topological polar surface area (TPSA) is 24.9 Å². The number of nitrogens with one attached hydrogen (secondary N) is 1. The van der Waals surface area contributed by atoms with Gasteiger partial charge in [0.1, 0.15) is 0 Å². The molecule has 0 saturated carbocycles. The summed E-state index contributed by atoms with van der Waals surface area (Å²) >= 11 is 0. The normalized spacial score (nSPS) is 10.5. The summed E-state index contributed by atoms with van der Waals surface area (Å²) in [5.74, 6) is 0. The second kappa shape index (κ2) is 5.60. The third-order valence-electron chi connectivity index (χ3n) is 2.93. The molecule has 0 aliphatic heterocycles. The van der Waals surface area contributed by atoms with Crippen molar-refractivity contribution >= 4 is 0 Å². The number of nitrogens with zero attached hydrogens (tertiary/aromatic N) is 1. The summed E-state index contributed by atoms with van der Waals surface area (Å²) in [5.41, 5.74) is 5.10. The van der Waals surface area contributed by atoms with Gasteiger partial charge in [-0.15, -0.1) is 0 Å². The lowest BCUT2D eigenvalue weighted by atomic mass is 10.1. The second-order valence-corrected chi connectivity index (χ2v) is 4.34. The number of hydrogen-bond acceptors (Lipinski definition) is 2. The van der Waals surface area contributed by atoms with Gasteiger partial charge in [0.15, 0.2) is 0 Å². The molecule has 1 aromatic carbocycles. The van der Waals surface area contributed by atoms with Crippen LogP contribution in [-0.4, -0.2) is 4.98 Å². The molecule has 0 bridgehead atoms. The Hall–Kier alpha value is -1.67. The highest BCUT2D eigenvalue weighted by Crippen LogP contribution is 2.09. The van der Waals surface area contributed by atoms with E-state index in [0.717, 1.165) is 18.8 Å². The van der Waals surface area contributed by atoms with E-state index < -0.39 is 0 Å². The molecule has 1 aromatic heterocycles. The maximum atomic E-state index is 4.28. The Kier molecular flexibility index (Phi) is 3.89. The fourth-order valence-corrected chi connectivity index (χ4v) is 1.75. The molecule has 0 spiro atoms. The van der Waals surface area contributed by atoms with E-state index in [1.165, 1.54) is 16.7 Å². The van der Waals surface area contributed by atoms with Crippen LogP contribution in [0.1, 0.15) is 22.4 Å². The van der Waals surface area contributed by atoms with Crippen LogP contribution in [0.15, 0.2) is 42.6 Å². The van der Waals surface area contributed by atoms with E-state index in [1.54, 1.807) is 0 Å². The molecule has 88 valence electrons. The van der Waals surface area contributed by atoms with Gasteiger partial charge in [-0.05, 0) is 42.7 Å². The zero-order valence-electron chi connectivity index (χ0n) is 10.4. The summed E-state index contributed by atoms with van der Waals surface area (Å²) in [7, 11) is 0. The molecule has 0 fully saturated rings. The minimum absolute atomic E-state index is 0.813. The smallest absolute Gasteiger partial charge is 0.0541 e. The van der Waals surface area contributed by atoms with E-state index in [1.807, 2.05) is 24.4 Å². The molecule has 2 nitrogen and oxygen atoms in total. The molecular formula is C15H18N2. The largest absolute Gasteiger partial charge is 0.307 e. The number of aryl methyl sites for hydroxylation is 2. The van der Waals surface area contributed by atoms with E-state index in [4.69, 9.17) is 0 Å². The van der Waals surface area contributed by atoms with Gasteiger partial charge in [-0.3, -0.25) is 4.98 Å². The fourth-order valence-electron chi connectivity index (χ4n) is 1.75. The Morgan fingerprint density at radius 2 is 1.88 bits per heavy atom. The number of hydrogen-bond donors (Lipinski definition) is 1. The van der Waals surface area contributed by atoms with Crippen LogP contribution in [0.25, 0.3) is 0 Å². The predicted molar refractivity (Wildman–Crippen MR) is 70.7 cm³/mol. The maximum Gasteiger partial charge on any atom is 0.0541 e. The lowest BCUT2D eigenvalue weighted by Gasteiger charge is -2.07. The molecule has 0 aliphatic carbocycles. The van der Waals surface area contributed by atoms with E-state index in [0.29, 0.717) is 0 Å². The first-order valence-corrected chi connectivity index (χ1v) is 5.92. The van der Waals surface area contributed by atoms with E-state index >= 15 is 0 Å². The van der Waals surface area contributed by atoms with Crippen molar-refractivity contribution < 1.29 is 0 Å². The number of benzene rings is 1. The van der Waals surface area contributed by atoms with Gasteiger partial charge >= 0.3 is 0 Å². The van der Waals surface area contributed by atoms with Gasteiger partial charge in [-0.2, -0.15) is 0 Å². The molecule has 0 saturated heterocycles. The van der Waals surface area contributed by atoms with Crippen molar-refractivity contribution in [2.24, 2.45) is 0 Å². The van der Waals surface area contributed by atoms with Gasteiger partial charge in [0, 0.05) is 19.3 Å². The van der Waals surface area contributed by atoms with Crippen molar-refractivity contribution in [1.29, 1.82) is 0 Å². The Bertz CT molecular complexity index is 478. The van der Waals surface area contributed by atoms with Gasteiger partial charge in [0.2, 0.25) is 0 Å². The van der Waals surface area contributed by atoms with Gasteiger partial charge < -0.3 is 5.32 Å². The highest BCUT2D eigenvalue weighted by atomic mass is 14.9. The third-order valence-corrected chi connectivity index (χ3v) is 2.93. The molecule has 0 amide bonds. The van der Waals surface area contributed by atoms with Crippen molar-refractivity contribution in [2.45, 2.75) is 26.9 Å². The Morgan fingerprint density at radius 1 is 1.00 bits per heavy atom. The van der Waals surface area contributed by atoms with E-state index in [-0.39, 0.29) is 0 Å². The molecule has 17 heavy (non-hydrogen) atoms. The minimum Gasteiger partial charge on any atom is -0.307 e. The summed E-state index contributed by atoms with van der Waals surface area (Å²) in [6.45, 7) is 5.99. The maximum absolute atomic E-state index is 4.28. The Labute approximate surface area is 103 Å². The molecule has 0 unspecified atom stereocenters. The van der Waals surface area contributed by atoms with Crippen molar-refractivity contribution in [3.63, 3.8) is 0 Å². The van der Waals surface area contributed by atoms with Gasteiger partial charge in [-0.25, -0.2) is 0 Å². The quantitative estimate of drug-likeness (QED) is 0.867. The summed E-state index contributed by atoms with van der Waals surface area (Å²) in [4.78, 5) is 4.28. The molecular weight excluding hydrogens is 208 g/mol. The predicted octanol–water partition coefficient (Wildman–Crippen LogP) is 2.99. The van der Waals surface area contributed by atoms with Gasteiger partial charge in [0.05, 0.1) is 5.69 Å². The molecule has 2 rings (SSSR count). The molecule has 1 heterocycles. The van der Waals surface area contributed by atoms with Crippen LogP contribution >= 0.6 is 0 Å². The molecule has 0 aliphatic rings. The summed E-state index contributed by atoms with van der Waals surface area (Å²) in [5, 5.41) is 3.40. The van der Waals surface area contributed by atoms with Crippen LogP contribution in [0.2, 0.25) is 0 Å². The summed E-state index contributed by atoms with van der Waals surface area (Å²) < 4.78 is 0. The van der Waals surface area contributed by atoms with Crippen molar-refractivity contribution in [2.75, 3.05) is 0 Å². The number of pyridine rings is 1. The average molecular weight is 226 g/mol. The first kappa shape index (κ1) is 11.8. The fraction of sp³-hybridized carbons (Fsp3) is 0.267. The first-order chi connectivity index (χ1) is 8.25. The first-order valence-electron chi connectivity index (χ1n) is 5.92. The number of aromatic nitrogens is 1. The van der Waals surface area contributed by atoms with Crippen LogP contribution in [0, 0.1) is 13.8 Å². The van der Waals surface area contributed by atoms with Crippen LogP contribution in [0.4, 0.5) is 0 Å². The molecule has 0 atom stereocenters. The van der Waals surface area contributed by atoms with Crippen molar-refractivity contribution in [3.05, 3.63) is 65.0 Å². The Balaban J connectivity index is 1.88. The lowest BCUT2D eigenvalue weighted by molar-refractivity contribution is 0.679. The van der Waals surface area contributed by atoms with Crippen LogP contribution in [0.5, 0.6) is 0 Å². The second-order valence-electron chi connectivity index (χ2n) is 4.34. The average Bonchev–Trinajstić information content (AvgIpc) is 2.35. The third kappa shape index (κ3) is 3.40. The van der Waals surface area contributed by atoms with Gasteiger partial charge in [0.25, 0.3) is 0 Å². The van der Waals surface area contributed by atoms with Crippen LogP contribution in [0.3, 0.4) is 0 Å². The summed E-state index contributed by atoms with van der Waals surface area (Å²) in [6, 6.07) is 12.6. The molecule has 2 aromatic rings. The summed E-state index contributed by atoms with van der Waals surface area (Å²) in [6.07, 6.45) is 1.83. The standard InChI is InChI=1S/C15H18N2/c1-12-6-7-14(9-13(12)2)10-16-11-15-5-3-4-8-17-15/h3-9,16H,10-11H2,1-2H3. The van der Waals surface area contributed by atoms with Gasteiger partial charge in [-0.1, -0.05) is 24.3 Å². The minimum atomic E-state index is 0.813. The van der Waals surface area contributed by atoms with Crippen LogP contribution in [-0.2, 0) is 13.1 Å². The van der Waals surface area contributed by atoms with E-state index in [2.05, 4.69) is 42.3 Å². The van der Waals surface area contributed by atoms with Crippen molar-refractivity contribution in [3.8, 4) is 0 Å². The Morgan fingerprint density at radius 3 is 2.59 bits per heavy atom. The van der Waals surface area contributed by atoms with Crippen LogP contribution < -0.4 is 5.32 Å². The zero-order chi connectivity index (χ0) is 12.1. The number of rotatable bonds is 4. The SMILES string of the molecule is Cc1ccc(CNCc2ccccn2)cc1C. The lowest BCUT2D eigenvalue weighted by Crippen LogP contribution is -2.13. The highest BCUT2D eigenvalue weighted by molar-refractivity contribution is 5.29. The van der Waals surface area contributed by atoms with E-state index in [9.17, 15) is 0 Å². The monoisotopic (exact) mass is 226 g/mol. The van der Waals surface area contributed by atoms with Crippen molar-refractivity contribution in [1.82, 2.24) is 10.3 Å².